The van der Waals surface area contributed by atoms with Crippen molar-refractivity contribution in [2.75, 3.05) is 11.1 Å². The molecule has 0 aliphatic heterocycles. The van der Waals surface area contributed by atoms with E-state index in [1.165, 1.54) is 0 Å². The molecular weight excluding hydrogens is 240 g/mol. The monoisotopic (exact) mass is 262 g/mol. The smallest absolute Gasteiger partial charge is 0.148 e. The quantitative estimate of drug-likeness (QED) is 0.745. The highest BCUT2D eigenvalue weighted by molar-refractivity contribution is 5.65. The zero-order chi connectivity index (χ0) is 13.8. The van der Waals surface area contributed by atoms with Gasteiger partial charge in [0, 0.05) is 19.4 Å². The molecule has 6 nitrogen and oxygen atoms in total. The number of H-pyrrole nitrogens is 1. The Bertz CT molecular complexity index is 513. The number of imidazole rings is 1. The van der Waals surface area contributed by atoms with Gasteiger partial charge in [-0.25, -0.2) is 4.98 Å². The van der Waals surface area contributed by atoms with Gasteiger partial charge in [0.1, 0.15) is 11.6 Å². The second kappa shape index (κ2) is 5.77. The van der Waals surface area contributed by atoms with E-state index in [9.17, 15) is 0 Å². The summed E-state index contributed by atoms with van der Waals surface area (Å²) < 4.78 is 1.81. The van der Waals surface area contributed by atoms with Gasteiger partial charge >= 0.3 is 0 Å². The van der Waals surface area contributed by atoms with E-state index in [-0.39, 0.29) is 6.04 Å². The maximum Gasteiger partial charge on any atom is 0.148 e. The summed E-state index contributed by atoms with van der Waals surface area (Å²) in [6.07, 6.45) is 6.44. The lowest BCUT2D eigenvalue weighted by molar-refractivity contribution is 0.675. The van der Waals surface area contributed by atoms with Crippen LogP contribution in [-0.4, -0.2) is 19.7 Å². The van der Waals surface area contributed by atoms with Crippen LogP contribution in [0.1, 0.15) is 44.2 Å². The lowest BCUT2D eigenvalue weighted by Gasteiger charge is -2.16. The van der Waals surface area contributed by atoms with Crippen LogP contribution in [0.4, 0.5) is 11.5 Å². The minimum Gasteiger partial charge on any atom is -0.394 e. The Labute approximate surface area is 113 Å². The topological polar surface area (TPSA) is 84.5 Å². The summed E-state index contributed by atoms with van der Waals surface area (Å²) in [6.45, 7) is 4.23. The predicted molar refractivity (Wildman–Crippen MR) is 76.9 cm³/mol. The van der Waals surface area contributed by atoms with E-state index in [1.807, 2.05) is 17.9 Å². The SMILES string of the molecule is CCCc1nn(C)c(NC(CC)c2ncc[nH]2)c1N. The summed E-state index contributed by atoms with van der Waals surface area (Å²) in [7, 11) is 1.91. The number of aromatic amines is 1. The third-order valence-corrected chi connectivity index (χ3v) is 3.22. The number of nitrogens with two attached hydrogens (primary N) is 1. The van der Waals surface area contributed by atoms with E-state index < -0.39 is 0 Å². The summed E-state index contributed by atoms with van der Waals surface area (Å²) in [5.41, 5.74) is 7.87. The molecule has 1 unspecified atom stereocenters. The first-order valence-electron chi connectivity index (χ1n) is 6.74. The normalized spacial score (nSPS) is 12.6. The number of anilines is 2. The number of aryl methyl sites for hydroxylation is 2. The third kappa shape index (κ3) is 2.72. The molecule has 2 aromatic rings. The van der Waals surface area contributed by atoms with Gasteiger partial charge in [-0.1, -0.05) is 20.3 Å². The Morgan fingerprint density at radius 3 is 2.84 bits per heavy atom. The van der Waals surface area contributed by atoms with Crippen molar-refractivity contribution < 1.29 is 0 Å². The number of nitrogen functional groups attached to an aromatic ring is 1. The molecule has 2 heterocycles. The van der Waals surface area contributed by atoms with Crippen molar-refractivity contribution >= 4 is 11.5 Å². The Kier molecular flexibility index (Phi) is 4.09. The highest BCUT2D eigenvalue weighted by atomic mass is 15.3. The van der Waals surface area contributed by atoms with Gasteiger partial charge in [-0.3, -0.25) is 4.68 Å². The van der Waals surface area contributed by atoms with Gasteiger partial charge in [0.25, 0.3) is 0 Å². The van der Waals surface area contributed by atoms with Gasteiger partial charge < -0.3 is 16.0 Å². The molecule has 4 N–H and O–H groups in total. The standard InChI is InChI=1S/C13H22N6/c1-4-6-10-11(14)13(19(3)18-10)17-9(5-2)12-15-7-8-16-12/h7-9,17H,4-6,14H2,1-3H3,(H,15,16). The molecule has 0 radical (unpaired) electrons. The molecule has 104 valence electrons. The second-order valence-electron chi connectivity index (χ2n) is 4.66. The predicted octanol–water partition coefficient (Wildman–Crippen LogP) is 2.24. The van der Waals surface area contributed by atoms with E-state index in [0.717, 1.165) is 42.3 Å². The minimum absolute atomic E-state index is 0.113. The van der Waals surface area contributed by atoms with Crippen LogP contribution in [0.3, 0.4) is 0 Å². The minimum atomic E-state index is 0.113. The molecule has 6 heteroatoms. The summed E-state index contributed by atoms with van der Waals surface area (Å²) in [6, 6.07) is 0.113. The molecule has 19 heavy (non-hydrogen) atoms. The molecular formula is C13H22N6. The number of aromatic nitrogens is 4. The summed E-state index contributed by atoms with van der Waals surface area (Å²) in [4.78, 5) is 7.43. The van der Waals surface area contributed by atoms with Crippen molar-refractivity contribution in [1.82, 2.24) is 19.7 Å². The van der Waals surface area contributed by atoms with Crippen LogP contribution in [0.5, 0.6) is 0 Å². The van der Waals surface area contributed by atoms with Gasteiger partial charge in [0.15, 0.2) is 0 Å². The maximum atomic E-state index is 6.17. The van der Waals surface area contributed by atoms with E-state index in [0.29, 0.717) is 0 Å². The van der Waals surface area contributed by atoms with Crippen molar-refractivity contribution in [3.05, 3.63) is 23.9 Å². The molecule has 0 fully saturated rings. The lowest BCUT2D eigenvalue weighted by Crippen LogP contribution is -2.14. The number of nitrogens with zero attached hydrogens (tertiary/aromatic N) is 3. The highest BCUT2D eigenvalue weighted by Crippen LogP contribution is 2.27. The van der Waals surface area contributed by atoms with Crippen molar-refractivity contribution in [3.8, 4) is 0 Å². The Morgan fingerprint density at radius 1 is 1.47 bits per heavy atom. The molecule has 0 saturated carbocycles. The highest BCUT2D eigenvalue weighted by Gasteiger charge is 2.18. The van der Waals surface area contributed by atoms with Crippen LogP contribution < -0.4 is 11.1 Å². The van der Waals surface area contributed by atoms with E-state index >= 15 is 0 Å². The van der Waals surface area contributed by atoms with E-state index in [4.69, 9.17) is 5.73 Å². The second-order valence-corrected chi connectivity index (χ2v) is 4.66. The molecule has 2 rings (SSSR count). The third-order valence-electron chi connectivity index (χ3n) is 3.22. The Balaban J connectivity index is 2.22. The van der Waals surface area contributed by atoms with E-state index in [1.54, 1.807) is 6.20 Å². The van der Waals surface area contributed by atoms with Crippen LogP contribution in [0.25, 0.3) is 0 Å². The van der Waals surface area contributed by atoms with Gasteiger partial charge in [0.2, 0.25) is 0 Å². The summed E-state index contributed by atoms with van der Waals surface area (Å²) in [5, 5.41) is 7.90. The van der Waals surface area contributed by atoms with Crippen LogP contribution in [0.15, 0.2) is 12.4 Å². The van der Waals surface area contributed by atoms with Crippen molar-refractivity contribution in [2.45, 2.75) is 39.2 Å². The molecule has 0 bridgehead atoms. The van der Waals surface area contributed by atoms with Crippen molar-refractivity contribution in [2.24, 2.45) is 7.05 Å². The molecule has 0 amide bonds. The zero-order valence-electron chi connectivity index (χ0n) is 11.8. The van der Waals surface area contributed by atoms with Crippen LogP contribution in [-0.2, 0) is 13.5 Å². The molecule has 2 aromatic heterocycles. The Morgan fingerprint density at radius 2 is 2.26 bits per heavy atom. The summed E-state index contributed by atoms with van der Waals surface area (Å²) >= 11 is 0. The lowest BCUT2D eigenvalue weighted by atomic mass is 10.2. The molecule has 0 saturated heterocycles. The first-order chi connectivity index (χ1) is 9.17. The van der Waals surface area contributed by atoms with Gasteiger partial charge in [-0.15, -0.1) is 0 Å². The van der Waals surface area contributed by atoms with Gasteiger partial charge in [-0.05, 0) is 12.8 Å². The fourth-order valence-electron chi connectivity index (χ4n) is 2.19. The van der Waals surface area contributed by atoms with Crippen LogP contribution in [0, 0.1) is 0 Å². The van der Waals surface area contributed by atoms with Crippen molar-refractivity contribution in [3.63, 3.8) is 0 Å². The first-order valence-corrected chi connectivity index (χ1v) is 6.74. The average molecular weight is 262 g/mol. The number of hydrogen-bond donors (Lipinski definition) is 3. The number of nitrogens with one attached hydrogen (secondary N) is 2. The molecule has 0 aromatic carbocycles. The largest absolute Gasteiger partial charge is 0.394 e. The fraction of sp³-hybridized carbons (Fsp3) is 0.538. The molecule has 0 spiro atoms. The number of hydrogen-bond acceptors (Lipinski definition) is 4. The average Bonchev–Trinajstić information content (AvgIpc) is 2.99. The molecule has 1 atom stereocenters. The van der Waals surface area contributed by atoms with Gasteiger partial charge in [0.05, 0.1) is 17.4 Å². The first kappa shape index (κ1) is 13.5. The fourth-order valence-corrected chi connectivity index (χ4v) is 2.19. The molecule has 0 aliphatic carbocycles. The van der Waals surface area contributed by atoms with Crippen LogP contribution in [0.2, 0.25) is 0 Å². The van der Waals surface area contributed by atoms with Gasteiger partial charge in [-0.2, -0.15) is 5.10 Å². The Hall–Kier alpha value is -1.98. The molecule has 0 aliphatic rings. The zero-order valence-corrected chi connectivity index (χ0v) is 11.8. The van der Waals surface area contributed by atoms with Crippen LogP contribution >= 0.6 is 0 Å². The number of rotatable bonds is 6. The maximum absolute atomic E-state index is 6.17. The van der Waals surface area contributed by atoms with Crippen molar-refractivity contribution in [1.29, 1.82) is 0 Å². The van der Waals surface area contributed by atoms with E-state index in [2.05, 4.69) is 34.2 Å². The summed E-state index contributed by atoms with van der Waals surface area (Å²) in [5.74, 6) is 1.78.